The second-order valence-corrected chi connectivity index (χ2v) is 7.97. The van der Waals surface area contributed by atoms with Crippen LogP contribution >= 0.6 is 0 Å². The second-order valence-electron chi connectivity index (χ2n) is 5.60. The van der Waals surface area contributed by atoms with Crippen molar-refractivity contribution < 1.29 is 13.2 Å². The molecule has 6 nitrogen and oxygen atoms in total. The number of hydrogen-bond acceptors (Lipinski definition) is 4. The van der Waals surface area contributed by atoms with Crippen LogP contribution in [0.4, 0.5) is 5.82 Å². The molecule has 20 heavy (non-hydrogen) atoms. The van der Waals surface area contributed by atoms with E-state index in [0.717, 1.165) is 12.7 Å². The molecular formula is C13H23N3O3S. The number of nitrogens with zero attached hydrogens (tertiary/aromatic N) is 2. The molecule has 0 fully saturated rings. The van der Waals surface area contributed by atoms with E-state index in [9.17, 15) is 13.2 Å². The normalized spacial score (nSPS) is 15.1. The standard InChI is InChI=1S/C13H23N3O3S/c1-9(2)8-10(3)16-12(6-7-14-16)15-13(17)11(4)20(5,18)19/h6-7,9-11H,8H2,1-5H3,(H,15,17). The van der Waals surface area contributed by atoms with Crippen LogP contribution in [0, 0.1) is 5.92 Å². The van der Waals surface area contributed by atoms with Crippen LogP contribution < -0.4 is 5.32 Å². The van der Waals surface area contributed by atoms with Gasteiger partial charge in [0.1, 0.15) is 11.1 Å². The maximum absolute atomic E-state index is 11.9. The van der Waals surface area contributed by atoms with Crippen LogP contribution in [0.15, 0.2) is 12.3 Å². The van der Waals surface area contributed by atoms with Crippen molar-refractivity contribution in [2.24, 2.45) is 5.92 Å². The summed E-state index contributed by atoms with van der Waals surface area (Å²) in [5.41, 5.74) is 0. The Balaban J connectivity index is 2.85. The maximum Gasteiger partial charge on any atom is 0.243 e. The highest BCUT2D eigenvalue weighted by atomic mass is 32.2. The van der Waals surface area contributed by atoms with E-state index in [1.165, 1.54) is 6.92 Å². The zero-order chi connectivity index (χ0) is 15.5. The summed E-state index contributed by atoms with van der Waals surface area (Å²) in [7, 11) is -3.40. The summed E-state index contributed by atoms with van der Waals surface area (Å²) < 4.78 is 24.5. The summed E-state index contributed by atoms with van der Waals surface area (Å²) in [4.78, 5) is 11.9. The average molecular weight is 301 g/mol. The highest BCUT2D eigenvalue weighted by Crippen LogP contribution is 2.21. The van der Waals surface area contributed by atoms with Crippen molar-refractivity contribution in [3.05, 3.63) is 12.3 Å². The predicted molar refractivity (Wildman–Crippen MR) is 79.3 cm³/mol. The molecule has 1 rings (SSSR count). The van der Waals surface area contributed by atoms with E-state index in [4.69, 9.17) is 0 Å². The summed E-state index contributed by atoms with van der Waals surface area (Å²) in [6.45, 7) is 7.62. The van der Waals surface area contributed by atoms with Crippen LogP contribution in [-0.4, -0.2) is 35.6 Å². The summed E-state index contributed by atoms with van der Waals surface area (Å²) in [6.07, 6.45) is 3.57. The van der Waals surface area contributed by atoms with E-state index in [0.29, 0.717) is 11.7 Å². The lowest BCUT2D eigenvalue weighted by atomic mass is 10.1. The number of nitrogens with one attached hydrogen (secondary N) is 1. The molecule has 0 saturated carbocycles. The van der Waals surface area contributed by atoms with Gasteiger partial charge >= 0.3 is 0 Å². The van der Waals surface area contributed by atoms with Gasteiger partial charge in [0, 0.05) is 12.3 Å². The third-order valence-corrected chi connectivity index (χ3v) is 4.66. The van der Waals surface area contributed by atoms with E-state index in [1.807, 2.05) is 6.92 Å². The Hall–Kier alpha value is -1.37. The third-order valence-electron chi connectivity index (χ3n) is 3.16. The van der Waals surface area contributed by atoms with E-state index in [2.05, 4.69) is 24.3 Å². The number of anilines is 1. The van der Waals surface area contributed by atoms with Gasteiger partial charge in [0.25, 0.3) is 0 Å². The fraction of sp³-hybridized carbons (Fsp3) is 0.692. The first-order valence-electron chi connectivity index (χ1n) is 6.66. The van der Waals surface area contributed by atoms with Crippen LogP contribution in [0.3, 0.4) is 0 Å². The number of rotatable bonds is 6. The van der Waals surface area contributed by atoms with Gasteiger partial charge in [-0.25, -0.2) is 13.1 Å². The molecule has 2 unspecified atom stereocenters. The molecule has 114 valence electrons. The van der Waals surface area contributed by atoms with Gasteiger partial charge in [-0.3, -0.25) is 4.79 Å². The Bertz CT molecular complexity index is 563. The SMILES string of the molecule is CC(C)CC(C)n1nccc1NC(=O)C(C)S(C)(=O)=O. The predicted octanol–water partition coefficient (Wildman–Crippen LogP) is 1.86. The molecule has 0 aliphatic carbocycles. The van der Waals surface area contributed by atoms with E-state index in [1.54, 1.807) is 16.9 Å². The Morgan fingerprint density at radius 1 is 1.35 bits per heavy atom. The second kappa shape index (κ2) is 6.39. The van der Waals surface area contributed by atoms with Crippen molar-refractivity contribution in [1.82, 2.24) is 9.78 Å². The van der Waals surface area contributed by atoms with Crippen molar-refractivity contribution in [3.63, 3.8) is 0 Å². The molecule has 0 spiro atoms. The minimum atomic E-state index is -3.40. The summed E-state index contributed by atoms with van der Waals surface area (Å²) in [5.74, 6) is 0.498. The lowest BCUT2D eigenvalue weighted by Crippen LogP contribution is -2.32. The van der Waals surface area contributed by atoms with Crippen molar-refractivity contribution in [2.75, 3.05) is 11.6 Å². The number of carbonyl (C=O) groups is 1. The van der Waals surface area contributed by atoms with E-state index < -0.39 is 21.0 Å². The Morgan fingerprint density at radius 2 is 1.95 bits per heavy atom. The van der Waals surface area contributed by atoms with Gasteiger partial charge in [0.15, 0.2) is 9.84 Å². The van der Waals surface area contributed by atoms with Gasteiger partial charge < -0.3 is 5.32 Å². The third kappa shape index (κ3) is 4.33. The van der Waals surface area contributed by atoms with Crippen LogP contribution in [0.25, 0.3) is 0 Å². The Kier molecular flexibility index (Phi) is 5.33. The molecule has 1 amide bonds. The zero-order valence-corrected chi connectivity index (χ0v) is 13.4. The number of aromatic nitrogens is 2. The van der Waals surface area contributed by atoms with Crippen molar-refractivity contribution in [3.8, 4) is 0 Å². The molecular weight excluding hydrogens is 278 g/mol. The monoisotopic (exact) mass is 301 g/mol. The maximum atomic E-state index is 11.9. The quantitative estimate of drug-likeness (QED) is 0.869. The number of hydrogen-bond donors (Lipinski definition) is 1. The molecule has 1 N–H and O–H groups in total. The van der Waals surface area contributed by atoms with Crippen molar-refractivity contribution in [2.45, 2.75) is 45.4 Å². The molecule has 1 aromatic heterocycles. The molecule has 0 aliphatic heterocycles. The van der Waals surface area contributed by atoms with E-state index >= 15 is 0 Å². The summed E-state index contributed by atoms with van der Waals surface area (Å²) >= 11 is 0. The lowest BCUT2D eigenvalue weighted by Gasteiger charge is -2.18. The van der Waals surface area contributed by atoms with Crippen LogP contribution in [0.2, 0.25) is 0 Å². The first-order valence-corrected chi connectivity index (χ1v) is 8.61. The van der Waals surface area contributed by atoms with E-state index in [-0.39, 0.29) is 6.04 Å². The number of amides is 1. The topological polar surface area (TPSA) is 81.1 Å². The molecule has 0 bridgehead atoms. The van der Waals surface area contributed by atoms with Gasteiger partial charge in [-0.1, -0.05) is 13.8 Å². The first-order chi connectivity index (χ1) is 9.12. The fourth-order valence-corrected chi connectivity index (χ4v) is 2.42. The largest absolute Gasteiger partial charge is 0.310 e. The molecule has 2 atom stereocenters. The van der Waals surface area contributed by atoms with Crippen LogP contribution in [-0.2, 0) is 14.6 Å². The Labute approximate surface area is 120 Å². The Morgan fingerprint density at radius 3 is 2.45 bits per heavy atom. The van der Waals surface area contributed by atoms with Gasteiger partial charge in [-0.15, -0.1) is 0 Å². The zero-order valence-electron chi connectivity index (χ0n) is 12.6. The smallest absolute Gasteiger partial charge is 0.243 e. The summed E-state index contributed by atoms with van der Waals surface area (Å²) in [5, 5.41) is 5.75. The minimum Gasteiger partial charge on any atom is -0.310 e. The van der Waals surface area contributed by atoms with Crippen molar-refractivity contribution >= 4 is 21.6 Å². The minimum absolute atomic E-state index is 0.133. The van der Waals surface area contributed by atoms with Gasteiger partial charge in [-0.2, -0.15) is 5.10 Å². The summed E-state index contributed by atoms with van der Waals surface area (Å²) in [6, 6.07) is 1.80. The molecule has 0 aromatic carbocycles. The lowest BCUT2D eigenvalue weighted by molar-refractivity contribution is -0.115. The van der Waals surface area contributed by atoms with Gasteiger partial charge in [-0.05, 0) is 26.2 Å². The van der Waals surface area contributed by atoms with Crippen LogP contribution in [0.5, 0.6) is 0 Å². The first kappa shape index (κ1) is 16.7. The molecule has 7 heteroatoms. The molecule has 0 aliphatic rings. The van der Waals surface area contributed by atoms with Gasteiger partial charge in [0.2, 0.25) is 5.91 Å². The van der Waals surface area contributed by atoms with Crippen molar-refractivity contribution in [1.29, 1.82) is 0 Å². The molecule has 1 heterocycles. The highest BCUT2D eigenvalue weighted by molar-refractivity contribution is 7.92. The van der Waals surface area contributed by atoms with Crippen LogP contribution in [0.1, 0.15) is 40.2 Å². The number of carbonyl (C=O) groups excluding carboxylic acids is 1. The fourth-order valence-electron chi connectivity index (χ4n) is 1.97. The highest BCUT2D eigenvalue weighted by Gasteiger charge is 2.24. The molecule has 0 saturated heterocycles. The molecule has 0 radical (unpaired) electrons. The number of sulfone groups is 1. The average Bonchev–Trinajstić information content (AvgIpc) is 2.73. The van der Waals surface area contributed by atoms with Gasteiger partial charge in [0.05, 0.1) is 12.2 Å². The molecule has 1 aromatic rings.